The van der Waals surface area contributed by atoms with Crippen molar-refractivity contribution in [1.29, 1.82) is 0 Å². The van der Waals surface area contributed by atoms with Crippen LogP contribution in [0.25, 0.3) is 0 Å². The van der Waals surface area contributed by atoms with Gasteiger partial charge in [0.1, 0.15) is 32.7 Å². The van der Waals surface area contributed by atoms with E-state index in [0.717, 1.165) is 32.7 Å². The van der Waals surface area contributed by atoms with Gasteiger partial charge >= 0.3 is 6.03 Å². The molecule has 0 radical (unpaired) electrons. The second-order valence-corrected chi connectivity index (χ2v) is 7.14. The Morgan fingerprint density at radius 1 is 1.23 bits per heavy atom. The van der Waals surface area contributed by atoms with Crippen LogP contribution in [0.3, 0.4) is 0 Å². The zero-order chi connectivity index (χ0) is 15.9. The van der Waals surface area contributed by atoms with Gasteiger partial charge in [0, 0.05) is 6.04 Å². The van der Waals surface area contributed by atoms with E-state index in [9.17, 15) is 9.59 Å². The number of urea groups is 1. The monoisotopic (exact) mass is 326 g/mol. The largest absolute Gasteiger partial charge is 0.336 e. The van der Waals surface area contributed by atoms with E-state index in [4.69, 9.17) is 0 Å². The molecule has 0 spiro atoms. The summed E-state index contributed by atoms with van der Waals surface area (Å²) < 4.78 is 0. The molecule has 0 aliphatic carbocycles. The van der Waals surface area contributed by atoms with E-state index in [1.165, 1.54) is 9.78 Å². The Bertz CT molecular complexity index is 482. The molecule has 2 rings (SSSR count). The van der Waals surface area contributed by atoms with Gasteiger partial charge < -0.3 is 15.1 Å². The van der Waals surface area contributed by atoms with Gasteiger partial charge in [-0.15, -0.1) is 11.3 Å². The van der Waals surface area contributed by atoms with Crippen LogP contribution in [-0.4, -0.2) is 50.7 Å². The molecule has 2 heterocycles. The van der Waals surface area contributed by atoms with Gasteiger partial charge in [-0.05, 0) is 25.3 Å². The highest BCUT2D eigenvalue weighted by molar-refractivity contribution is 7.09. The maximum absolute atomic E-state index is 11.8. The third kappa shape index (κ3) is 5.75. The van der Waals surface area contributed by atoms with E-state index in [2.05, 4.69) is 28.1 Å². The van der Waals surface area contributed by atoms with E-state index < -0.39 is 6.03 Å². The highest BCUT2D eigenvalue weighted by Gasteiger charge is 2.25. The van der Waals surface area contributed by atoms with E-state index in [1.807, 2.05) is 13.8 Å². The third-order valence-electron chi connectivity index (χ3n) is 3.75. The summed E-state index contributed by atoms with van der Waals surface area (Å²) in [5.41, 5.74) is 0. The number of quaternary nitrogens is 2. The molecule has 1 aromatic rings. The maximum atomic E-state index is 11.8. The van der Waals surface area contributed by atoms with Crippen molar-refractivity contribution in [2.45, 2.75) is 26.4 Å². The molecule has 1 aliphatic heterocycles. The molecule has 122 valence electrons. The number of piperazine rings is 1. The fourth-order valence-electron chi connectivity index (χ4n) is 2.67. The summed E-state index contributed by atoms with van der Waals surface area (Å²) in [6.45, 7) is 9.26. The lowest BCUT2D eigenvalue weighted by Crippen LogP contribution is -3.28. The Morgan fingerprint density at radius 2 is 1.91 bits per heavy atom. The lowest BCUT2D eigenvalue weighted by atomic mass is 10.3. The molecule has 0 bridgehead atoms. The summed E-state index contributed by atoms with van der Waals surface area (Å²) in [5, 5.41) is 7.16. The summed E-state index contributed by atoms with van der Waals surface area (Å²) in [4.78, 5) is 27.6. The normalized spacial score (nSPS) is 21.6. The average molecular weight is 326 g/mol. The third-order valence-corrected chi connectivity index (χ3v) is 4.63. The number of nitrogens with one attached hydrogen (secondary N) is 4. The van der Waals surface area contributed by atoms with Crippen molar-refractivity contribution in [1.82, 2.24) is 10.6 Å². The number of carbonyl (C=O) groups is 2. The van der Waals surface area contributed by atoms with Crippen LogP contribution in [-0.2, 0) is 11.3 Å². The maximum Gasteiger partial charge on any atom is 0.321 e. The summed E-state index contributed by atoms with van der Waals surface area (Å²) >= 11 is 1.80. The first kappa shape index (κ1) is 16.9. The van der Waals surface area contributed by atoms with Gasteiger partial charge in [-0.2, -0.15) is 0 Å². The SMILES string of the molecule is CC(C)NC(=O)NC(=O)C[NH+]1CC[NH+](Cc2cccs2)CC1. The number of imide groups is 1. The quantitative estimate of drug-likeness (QED) is 0.519. The van der Waals surface area contributed by atoms with E-state index in [0.29, 0.717) is 6.54 Å². The Hall–Kier alpha value is -1.44. The topological polar surface area (TPSA) is 67.1 Å². The average Bonchev–Trinajstić information content (AvgIpc) is 2.92. The van der Waals surface area contributed by atoms with Gasteiger partial charge in [0.25, 0.3) is 5.91 Å². The highest BCUT2D eigenvalue weighted by Crippen LogP contribution is 2.05. The number of carbonyl (C=O) groups excluding carboxylic acids is 2. The smallest absolute Gasteiger partial charge is 0.321 e. The van der Waals surface area contributed by atoms with Crippen LogP contribution in [0.5, 0.6) is 0 Å². The molecule has 1 saturated heterocycles. The van der Waals surface area contributed by atoms with Crippen LogP contribution in [0.2, 0.25) is 0 Å². The number of hydrogen-bond acceptors (Lipinski definition) is 3. The first-order valence-corrected chi connectivity index (χ1v) is 8.70. The number of thiophene rings is 1. The summed E-state index contributed by atoms with van der Waals surface area (Å²) in [5.74, 6) is -0.199. The van der Waals surface area contributed by atoms with E-state index >= 15 is 0 Å². The molecule has 6 nitrogen and oxygen atoms in total. The fraction of sp³-hybridized carbons (Fsp3) is 0.600. The molecule has 0 unspecified atom stereocenters. The Labute approximate surface area is 135 Å². The van der Waals surface area contributed by atoms with Crippen molar-refractivity contribution in [3.8, 4) is 0 Å². The van der Waals surface area contributed by atoms with Crippen molar-refractivity contribution in [2.75, 3.05) is 32.7 Å². The number of rotatable bonds is 5. The number of hydrogen-bond donors (Lipinski definition) is 4. The predicted molar refractivity (Wildman–Crippen MR) is 86.1 cm³/mol. The number of amides is 3. The molecule has 4 N–H and O–H groups in total. The standard InChI is InChI=1S/C15H24N4O2S/c1-12(2)16-15(21)17-14(20)11-19-7-5-18(6-8-19)10-13-4-3-9-22-13/h3-4,9,12H,5-8,10-11H2,1-2H3,(H2,16,17,20,21)/p+2. The Balaban J connectivity index is 1.66. The molecule has 1 aliphatic rings. The molecule has 1 aromatic heterocycles. The first-order chi connectivity index (χ1) is 10.5. The van der Waals surface area contributed by atoms with Crippen molar-refractivity contribution >= 4 is 23.3 Å². The lowest BCUT2D eigenvalue weighted by Gasteiger charge is -2.29. The van der Waals surface area contributed by atoms with Crippen molar-refractivity contribution in [3.05, 3.63) is 22.4 Å². The van der Waals surface area contributed by atoms with Gasteiger partial charge in [0.2, 0.25) is 0 Å². The summed E-state index contributed by atoms with van der Waals surface area (Å²) in [7, 11) is 0. The summed E-state index contributed by atoms with van der Waals surface area (Å²) in [6, 6.07) is 3.90. The Kier molecular flexibility index (Phi) is 6.35. The van der Waals surface area contributed by atoms with Crippen LogP contribution in [0.4, 0.5) is 4.79 Å². The van der Waals surface area contributed by atoms with Crippen LogP contribution in [0.1, 0.15) is 18.7 Å². The lowest BCUT2D eigenvalue weighted by molar-refractivity contribution is -1.01. The van der Waals surface area contributed by atoms with E-state index in [-0.39, 0.29) is 11.9 Å². The molecule has 7 heteroatoms. The molecule has 0 aromatic carbocycles. The van der Waals surface area contributed by atoms with Gasteiger partial charge in [-0.1, -0.05) is 6.07 Å². The second kappa shape index (κ2) is 8.26. The highest BCUT2D eigenvalue weighted by atomic mass is 32.1. The van der Waals surface area contributed by atoms with Crippen molar-refractivity contribution < 1.29 is 19.4 Å². The molecule has 1 fully saturated rings. The van der Waals surface area contributed by atoms with Gasteiger partial charge in [-0.3, -0.25) is 10.1 Å². The minimum atomic E-state index is -0.402. The molecule has 0 saturated carbocycles. The fourth-order valence-corrected chi connectivity index (χ4v) is 3.44. The van der Waals surface area contributed by atoms with Gasteiger partial charge in [-0.25, -0.2) is 4.79 Å². The van der Waals surface area contributed by atoms with Crippen LogP contribution >= 0.6 is 11.3 Å². The minimum absolute atomic E-state index is 0.0320. The Morgan fingerprint density at radius 3 is 2.50 bits per heavy atom. The molecule has 22 heavy (non-hydrogen) atoms. The van der Waals surface area contributed by atoms with Gasteiger partial charge in [0.15, 0.2) is 6.54 Å². The van der Waals surface area contributed by atoms with Crippen molar-refractivity contribution in [2.24, 2.45) is 0 Å². The minimum Gasteiger partial charge on any atom is -0.336 e. The van der Waals surface area contributed by atoms with Crippen LogP contribution in [0, 0.1) is 0 Å². The van der Waals surface area contributed by atoms with Crippen LogP contribution < -0.4 is 20.4 Å². The van der Waals surface area contributed by atoms with Crippen molar-refractivity contribution in [3.63, 3.8) is 0 Å². The van der Waals surface area contributed by atoms with Gasteiger partial charge in [0.05, 0.1) is 4.88 Å². The summed E-state index contributed by atoms with van der Waals surface area (Å²) in [6.07, 6.45) is 0. The van der Waals surface area contributed by atoms with E-state index in [1.54, 1.807) is 16.2 Å². The first-order valence-electron chi connectivity index (χ1n) is 7.83. The molecule has 3 amide bonds. The molecular formula is C15H26N4O2S+2. The molecule has 0 atom stereocenters. The zero-order valence-corrected chi connectivity index (χ0v) is 14.1. The zero-order valence-electron chi connectivity index (χ0n) is 13.3. The van der Waals surface area contributed by atoms with Crippen LogP contribution in [0.15, 0.2) is 17.5 Å². The second-order valence-electron chi connectivity index (χ2n) is 6.11. The predicted octanol–water partition coefficient (Wildman–Crippen LogP) is -1.73. The molecular weight excluding hydrogens is 300 g/mol.